The fraction of sp³-hybridized carbons (Fsp3) is 0.364. The minimum Gasteiger partial charge on any atom is -0.487 e. The molecule has 0 aromatic heterocycles. The number of carbonyl (C=O) groups is 2. The Morgan fingerprint density at radius 1 is 1.12 bits per heavy atom. The molecular formula is C22H25NO3. The monoisotopic (exact) mass is 351 g/mol. The Labute approximate surface area is 154 Å². The molecule has 4 heteroatoms. The van der Waals surface area contributed by atoms with E-state index in [2.05, 4.69) is 19.2 Å². The molecule has 1 heterocycles. The topological polar surface area (TPSA) is 55.4 Å². The summed E-state index contributed by atoms with van der Waals surface area (Å²) in [4.78, 5) is 25.2. The molecule has 0 radical (unpaired) electrons. The van der Waals surface area contributed by atoms with Crippen LogP contribution in [0.25, 0.3) is 0 Å². The van der Waals surface area contributed by atoms with Crippen LogP contribution in [0.1, 0.15) is 66.0 Å². The number of nitrogens with one attached hydrogen (secondary N) is 1. The molecule has 2 aromatic rings. The van der Waals surface area contributed by atoms with Gasteiger partial charge < -0.3 is 10.1 Å². The minimum atomic E-state index is -0.510. The van der Waals surface area contributed by atoms with Gasteiger partial charge in [0.25, 0.3) is 5.91 Å². The predicted octanol–water partition coefficient (Wildman–Crippen LogP) is 4.81. The number of ether oxygens (including phenoxy) is 1. The van der Waals surface area contributed by atoms with Crippen LogP contribution in [0.3, 0.4) is 0 Å². The van der Waals surface area contributed by atoms with Crippen molar-refractivity contribution < 1.29 is 14.3 Å². The number of ketones is 1. The van der Waals surface area contributed by atoms with E-state index in [4.69, 9.17) is 4.74 Å². The molecule has 0 bridgehead atoms. The van der Waals surface area contributed by atoms with Crippen LogP contribution >= 0.6 is 0 Å². The maximum Gasteiger partial charge on any atom is 0.255 e. The third-order valence-corrected chi connectivity index (χ3v) is 4.75. The number of fused-ring (bicyclic) bond motifs is 1. The largest absolute Gasteiger partial charge is 0.487 e. The van der Waals surface area contributed by atoms with E-state index < -0.39 is 5.60 Å². The van der Waals surface area contributed by atoms with E-state index in [9.17, 15) is 9.59 Å². The molecule has 0 fully saturated rings. The van der Waals surface area contributed by atoms with Gasteiger partial charge in [-0.15, -0.1) is 0 Å². The van der Waals surface area contributed by atoms with E-state index in [-0.39, 0.29) is 11.7 Å². The van der Waals surface area contributed by atoms with Crippen LogP contribution in [-0.2, 0) is 12.8 Å². The summed E-state index contributed by atoms with van der Waals surface area (Å²) in [5.74, 6) is 0.348. The molecular weight excluding hydrogens is 326 g/mol. The standard InChI is InChI=1S/C22H25NO3/c1-5-14-8-7-9-15(6-2)20(14)23-21(25)16-10-11-19-17(12-16)18(24)13-22(3,4)26-19/h7-12H,5-6,13H2,1-4H3,(H,23,25). The van der Waals surface area contributed by atoms with Gasteiger partial charge in [0, 0.05) is 11.3 Å². The Bertz CT molecular complexity index is 845. The highest BCUT2D eigenvalue weighted by Gasteiger charge is 2.32. The first-order valence-corrected chi connectivity index (χ1v) is 9.13. The van der Waals surface area contributed by atoms with E-state index in [1.807, 2.05) is 32.0 Å². The summed E-state index contributed by atoms with van der Waals surface area (Å²) in [6.45, 7) is 7.92. The molecule has 1 N–H and O–H groups in total. The normalized spacial score (nSPS) is 15.2. The number of hydrogen-bond donors (Lipinski definition) is 1. The van der Waals surface area contributed by atoms with Crippen LogP contribution in [0.5, 0.6) is 5.75 Å². The number of amides is 1. The van der Waals surface area contributed by atoms with Crippen molar-refractivity contribution >= 4 is 17.4 Å². The fourth-order valence-corrected chi connectivity index (χ4v) is 3.38. The fourth-order valence-electron chi connectivity index (χ4n) is 3.38. The van der Waals surface area contributed by atoms with E-state index in [0.29, 0.717) is 23.3 Å². The number of rotatable bonds is 4. The summed E-state index contributed by atoms with van der Waals surface area (Å²) in [6.07, 6.45) is 1.99. The Balaban J connectivity index is 1.91. The van der Waals surface area contributed by atoms with E-state index in [1.165, 1.54) is 0 Å². The average molecular weight is 351 g/mol. The molecule has 1 aliphatic rings. The zero-order valence-corrected chi connectivity index (χ0v) is 15.8. The summed E-state index contributed by atoms with van der Waals surface area (Å²) in [5.41, 5.74) is 3.53. The van der Waals surface area contributed by atoms with Gasteiger partial charge in [0.1, 0.15) is 11.4 Å². The van der Waals surface area contributed by atoms with E-state index >= 15 is 0 Å². The van der Waals surface area contributed by atoms with Crippen LogP contribution in [0.2, 0.25) is 0 Å². The van der Waals surface area contributed by atoms with Gasteiger partial charge in [-0.1, -0.05) is 32.0 Å². The molecule has 26 heavy (non-hydrogen) atoms. The third kappa shape index (κ3) is 3.50. The lowest BCUT2D eigenvalue weighted by Gasteiger charge is -2.31. The molecule has 0 spiro atoms. The predicted molar refractivity (Wildman–Crippen MR) is 103 cm³/mol. The second-order valence-corrected chi connectivity index (χ2v) is 7.29. The Hall–Kier alpha value is -2.62. The molecule has 0 aliphatic carbocycles. The lowest BCUT2D eigenvalue weighted by atomic mass is 9.92. The number of anilines is 1. The highest BCUT2D eigenvalue weighted by molar-refractivity contribution is 6.08. The summed E-state index contributed by atoms with van der Waals surface area (Å²) < 4.78 is 5.86. The molecule has 2 aromatic carbocycles. The van der Waals surface area contributed by atoms with Crippen LogP contribution in [0.15, 0.2) is 36.4 Å². The maximum absolute atomic E-state index is 12.8. The van der Waals surface area contributed by atoms with E-state index in [0.717, 1.165) is 29.7 Å². The molecule has 3 rings (SSSR count). The number of Topliss-reactive ketones (excluding diaryl/α,β-unsaturated/α-hetero) is 1. The van der Waals surface area contributed by atoms with Crippen molar-refractivity contribution in [1.29, 1.82) is 0 Å². The first-order chi connectivity index (χ1) is 12.3. The van der Waals surface area contributed by atoms with Gasteiger partial charge in [-0.3, -0.25) is 9.59 Å². The lowest BCUT2D eigenvalue weighted by molar-refractivity contribution is 0.0620. The second kappa shape index (κ2) is 6.94. The molecule has 0 saturated heterocycles. The third-order valence-electron chi connectivity index (χ3n) is 4.75. The first-order valence-electron chi connectivity index (χ1n) is 9.13. The summed E-state index contributed by atoms with van der Waals surface area (Å²) in [5, 5.41) is 3.04. The SMILES string of the molecule is CCc1cccc(CC)c1NC(=O)c1ccc2c(c1)C(=O)CC(C)(C)O2. The number of para-hydroxylation sites is 1. The number of hydrogen-bond acceptors (Lipinski definition) is 3. The smallest absolute Gasteiger partial charge is 0.255 e. The van der Waals surface area contributed by atoms with Crippen LogP contribution in [0, 0.1) is 0 Å². The number of benzene rings is 2. The van der Waals surface area contributed by atoms with Gasteiger partial charge in [-0.25, -0.2) is 0 Å². The lowest BCUT2D eigenvalue weighted by Crippen LogP contribution is -2.36. The van der Waals surface area contributed by atoms with Crippen molar-refractivity contribution in [2.24, 2.45) is 0 Å². The maximum atomic E-state index is 12.8. The van der Waals surface area contributed by atoms with Crippen molar-refractivity contribution in [2.45, 2.75) is 52.6 Å². The molecule has 0 unspecified atom stereocenters. The van der Waals surface area contributed by atoms with E-state index in [1.54, 1.807) is 18.2 Å². The Morgan fingerprint density at radius 2 is 1.77 bits per heavy atom. The van der Waals surface area contributed by atoms with Crippen LogP contribution < -0.4 is 10.1 Å². The molecule has 136 valence electrons. The van der Waals surface area contributed by atoms with Gasteiger partial charge >= 0.3 is 0 Å². The van der Waals surface area contributed by atoms with Crippen LogP contribution in [-0.4, -0.2) is 17.3 Å². The van der Waals surface area contributed by atoms with Crippen molar-refractivity contribution in [3.8, 4) is 5.75 Å². The summed E-state index contributed by atoms with van der Waals surface area (Å²) in [6, 6.07) is 11.1. The van der Waals surface area contributed by atoms with Gasteiger partial charge in [-0.05, 0) is 56.0 Å². The molecule has 4 nitrogen and oxygen atoms in total. The second-order valence-electron chi connectivity index (χ2n) is 7.29. The Morgan fingerprint density at radius 3 is 2.38 bits per heavy atom. The van der Waals surface area contributed by atoms with Gasteiger partial charge in [0.2, 0.25) is 0 Å². The van der Waals surface area contributed by atoms with Crippen molar-refractivity contribution in [3.05, 3.63) is 58.7 Å². The molecule has 0 atom stereocenters. The Kier molecular flexibility index (Phi) is 4.86. The molecule has 1 amide bonds. The number of aryl methyl sites for hydroxylation is 2. The zero-order chi connectivity index (χ0) is 18.9. The first kappa shape index (κ1) is 18.2. The quantitative estimate of drug-likeness (QED) is 0.860. The highest BCUT2D eigenvalue weighted by Crippen LogP contribution is 2.33. The summed E-state index contributed by atoms with van der Waals surface area (Å²) >= 11 is 0. The van der Waals surface area contributed by atoms with Gasteiger partial charge in [0.15, 0.2) is 5.78 Å². The van der Waals surface area contributed by atoms with Gasteiger partial charge in [0.05, 0.1) is 12.0 Å². The van der Waals surface area contributed by atoms with Gasteiger partial charge in [-0.2, -0.15) is 0 Å². The summed E-state index contributed by atoms with van der Waals surface area (Å²) in [7, 11) is 0. The van der Waals surface area contributed by atoms with Crippen LogP contribution in [0.4, 0.5) is 5.69 Å². The highest BCUT2D eigenvalue weighted by atomic mass is 16.5. The number of carbonyl (C=O) groups excluding carboxylic acids is 2. The van der Waals surface area contributed by atoms with Crippen molar-refractivity contribution in [2.75, 3.05) is 5.32 Å². The molecule has 1 aliphatic heterocycles. The molecule has 0 saturated carbocycles. The minimum absolute atomic E-state index is 0.00843. The van der Waals surface area contributed by atoms with Crippen molar-refractivity contribution in [1.82, 2.24) is 0 Å². The zero-order valence-electron chi connectivity index (χ0n) is 15.8. The average Bonchev–Trinajstić information content (AvgIpc) is 2.60. The van der Waals surface area contributed by atoms with Crippen molar-refractivity contribution in [3.63, 3.8) is 0 Å².